The summed E-state index contributed by atoms with van der Waals surface area (Å²) in [6.07, 6.45) is 29.0. The van der Waals surface area contributed by atoms with E-state index in [-0.39, 0.29) is 13.2 Å². The van der Waals surface area contributed by atoms with E-state index in [9.17, 15) is 15.2 Å². The average Bonchev–Trinajstić information content (AvgIpc) is 3.41. The highest BCUT2D eigenvalue weighted by atomic mass is 35.5. The fourth-order valence-electron chi connectivity index (χ4n) is 4.74. The molecular formula is C43H58ClN3O5. The van der Waals surface area contributed by atoms with Gasteiger partial charge in [-0.1, -0.05) is 94.8 Å². The number of allylic oxidation sites excluding steroid dienone is 6. The Morgan fingerprint density at radius 2 is 1.79 bits per heavy atom. The standard InChI is InChI=1S/C36H42ClN3O4.2C2H6.C2H2.CH2O/c1-5-29-23-33(37)17-20-35(29)36(25-39(3)4)38-21-7-10-28-9-6-11-30(14-13-28)31-15-18-34(19-16-31)44-22-8-12-32(26-41)27(2)24-40(42)43;4*1-2/h7-8,10-21,23,25,28,41H,5-6,9,22,24,26H2,1-4H3;2*1-2H3;1-2H;1H2/b10-7+,12-8-,32-27-,36-25-,38-21+;;;;. The van der Waals surface area contributed by atoms with Crippen molar-refractivity contribution in [1.29, 1.82) is 0 Å². The maximum atomic E-state index is 10.7. The van der Waals surface area contributed by atoms with Gasteiger partial charge in [-0.15, -0.1) is 12.8 Å². The van der Waals surface area contributed by atoms with Crippen molar-refractivity contribution >= 4 is 35.9 Å². The molecule has 1 unspecified atom stereocenters. The van der Waals surface area contributed by atoms with Gasteiger partial charge in [0.05, 0.1) is 12.3 Å². The van der Waals surface area contributed by atoms with Crippen LogP contribution in [0, 0.1) is 28.9 Å². The van der Waals surface area contributed by atoms with Gasteiger partial charge in [0.15, 0.2) is 0 Å². The average molecular weight is 732 g/mol. The van der Waals surface area contributed by atoms with Gasteiger partial charge in [0.2, 0.25) is 6.54 Å². The fraction of sp³-hybridized carbons (Fsp3) is 0.349. The molecule has 0 spiro atoms. The highest BCUT2D eigenvalue weighted by Gasteiger charge is 2.09. The predicted octanol–water partition coefficient (Wildman–Crippen LogP) is 10.1. The normalized spacial score (nSPS) is 14.2. The number of ether oxygens (including phenoxy) is 1. The van der Waals surface area contributed by atoms with Gasteiger partial charge in [0.25, 0.3) is 0 Å². The van der Waals surface area contributed by atoms with Gasteiger partial charge in [0, 0.05) is 47.6 Å². The number of aliphatic hydroxyl groups excluding tert-OH is 1. The Balaban J connectivity index is 0. The van der Waals surface area contributed by atoms with Crippen LogP contribution in [-0.2, 0) is 11.2 Å². The lowest BCUT2D eigenvalue weighted by Crippen LogP contribution is -2.05. The topological polar surface area (TPSA) is 105 Å². The van der Waals surface area contributed by atoms with E-state index in [1.807, 2.05) is 114 Å². The molecule has 3 rings (SSSR count). The molecule has 0 aliphatic heterocycles. The molecule has 52 heavy (non-hydrogen) atoms. The van der Waals surface area contributed by atoms with Gasteiger partial charge in [0.1, 0.15) is 19.1 Å². The lowest BCUT2D eigenvalue weighted by Gasteiger charge is -2.12. The van der Waals surface area contributed by atoms with Crippen LogP contribution in [-0.4, -0.2) is 61.8 Å². The third kappa shape index (κ3) is 19.4. The van der Waals surface area contributed by atoms with Crippen LogP contribution in [0.3, 0.4) is 0 Å². The van der Waals surface area contributed by atoms with Crippen molar-refractivity contribution in [2.45, 2.75) is 60.8 Å². The summed E-state index contributed by atoms with van der Waals surface area (Å²) in [6.45, 7) is 13.5. The van der Waals surface area contributed by atoms with Crippen LogP contribution in [0.25, 0.3) is 11.3 Å². The Kier molecular flexibility index (Phi) is 29.1. The summed E-state index contributed by atoms with van der Waals surface area (Å²) < 4.78 is 5.79. The Bertz CT molecular complexity index is 1550. The minimum atomic E-state index is -0.408. The van der Waals surface area contributed by atoms with Crippen LogP contribution in [0.5, 0.6) is 5.75 Å². The quantitative estimate of drug-likeness (QED) is 0.0682. The van der Waals surface area contributed by atoms with E-state index in [4.69, 9.17) is 26.1 Å². The third-order valence-electron chi connectivity index (χ3n) is 7.09. The van der Waals surface area contributed by atoms with Crippen molar-refractivity contribution < 1.29 is 19.6 Å². The van der Waals surface area contributed by atoms with Gasteiger partial charge in [-0.05, 0) is 90.8 Å². The molecule has 0 saturated carbocycles. The Morgan fingerprint density at radius 3 is 2.37 bits per heavy atom. The Morgan fingerprint density at radius 1 is 1.13 bits per heavy atom. The zero-order valence-corrected chi connectivity index (χ0v) is 33.0. The van der Waals surface area contributed by atoms with E-state index >= 15 is 0 Å². The number of nitrogens with zero attached hydrogens (tertiary/aromatic N) is 3. The molecule has 9 heteroatoms. The molecule has 1 aliphatic rings. The largest absolute Gasteiger partial charge is 0.490 e. The van der Waals surface area contributed by atoms with Crippen LogP contribution in [0.4, 0.5) is 0 Å². The zero-order valence-electron chi connectivity index (χ0n) is 32.2. The summed E-state index contributed by atoms with van der Waals surface area (Å²) in [5.41, 5.74) is 6.49. The third-order valence-corrected chi connectivity index (χ3v) is 7.32. The molecule has 0 amide bonds. The van der Waals surface area contributed by atoms with Crippen molar-refractivity contribution in [1.82, 2.24) is 4.90 Å². The molecule has 8 nitrogen and oxygen atoms in total. The van der Waals surface area contributed by atoms with Gasteiger partial charge >= 0.3 is 0 Å². The molecule has 0 saturated heterocycles. The van der Waals surface area contributed by atoms with E-state index in [1.54, 1.807) is 19.1 Å². The van der Waals surface area contributed by atoms with Crippen molar-refractivity contribution in [3.8, 4) is 18.6 Å². The van der Waals surface area contributed by atoms with Crippen molar-refractivity contribution in [3.05, 3.63) is 134 Å². The van der Waals surface area contributed by atoms with E-state index in [2.05, 4.69) is 44.1 Å². The number of halogens is 1. The number of aliphatic hydroxyl groups is 1. The van der Waals surface area contributed by atoms with Crippen molar-refractivity contribution in [3.63, 3.8) is 0 Å². The number of terminal acetylenes is 1. The molecule has 1 N–H and O–H groups in total. The first-order valence-electron chi connectivity index (χ1n) is 17.4. The molecular weight excluding hydrogens is 674 g/mol. The number of aliphatic imine (C=N–C) groups is 1. The van der Waals surface area contributed by atoms with Crippen LogP contribution >= 0.6 is 11.6 Å². The Hall–Kier alpha value is -4.97. The minimum absolute atomic E-state index is 0.253. The lowest BCUT2D eigenvalue weighted by atomic mass is 10.0. The fourth-order valence-corrected chi connectivity index (χ4v) is 4.93. The minimum Gasteiger partial charge on any atom is -0.490 e. The van der Waals surface area contributed by atoms with Crippen LogP contribution < -0.4 is 4.74 Å². The number of hydrogen-bond acceptors (Lipinski definition) is 7. The zero-order chi connectivity index (χ0) is 39.9. The van der Waals surface area contributed by atoms with E-state index in [0.29, 0.717) is 23.7 Å². The second-order valence-corrected chi connectivity index (χ2v) is 11.2. The number of carbonyl (C=O) groups excluding carboxylic acids is 1. The summed E-state index contributed by atoms with van der Waals surface area (Å²) in [6, 6.07) is 13.9. The number of aryl methyl sites for hydroxylation is 1. The van der Waals surface area contributed by atoms with E-state index in [0.717, 1.165) is 46.9 Å². The summed E-state index contributed by atoms with van der Waals surface area (Å²) in [4.78, 5) is 25.1. The number of nitro groups is 1. The molecule has 2 aromatic carbocycles. The maximum Gasteiger partial charge on any atom is 0.225 e. The molecule has 1 atom stereocenters. The SMILES string of the molecule is C#C.C=O.CC.CC.CCc1cc(Cl)ccc1C(=C/N(C)C)/N=C/C=C/C1C=CC(c2ccc(OC/C=C\C(CO)=C(/C)C[N+](=O)[O-])cc2)=CCC1. The number of hydrogen-bond donors (Lipinski definition) is 1. The first kappa shape index (κ1) is 49.1. The molecule has 0 bridgehead atoms. The second kappa shape index (κ2) is 30.8. The van der Waals surface area contributed by atoms with Gasteiger partial charge in [-0.2, -0.15) is 0 Å². The van der Waals surface area contributed by atoms with Gasteiger partial charge < -0.3 is 19.5 Å². The highest BCUT2D eigenvalue weighted by Crippen LogP contribution is 2.27. The van der Waals surface area contributed by atoms with Crippen LogP contribution in [0.1, 0.15) is 71.1 Å². The van der Waals surface area contributed by atoms with Gasteiger partial charge in [-0.25, -0.2) is 0 Å². The molecule has 1 aliphatic carbocycles. The highest BCUT2D eigenvalue weighted by molar-refractivity contribution is 6.30. The molecule has 0 fully saturated rings. The molecule has 0 aromatic heterocycles. The first-order chi connectivity index (χ1) is 25.2. The molecule has 2 aromatic rings. The lowest BCUT2D eigenvalue weighted by molar-refractivity contribution is -0.470. The summed E-state index contributed by atoms with van der Waals surface area (Å²) in [5, 5.41) is 20.9. The van der Waals surface area contributed by atoms with Crippen molar-refractivity contribution in [2.75, 3.05) is 33.9 Å². The summed E-state index contributed by atoms with van der Waals surface area (Å²) in [5.74, 6) is 1.03. The monoisotopic (exact) mass is 731 g/mol. The number of carbonyl (C=O) groups is 1. The predicted molar refractivity (Wildman–Crippen MR) is 222 cm³/mol. The molecule has 0 radical (unpaired) electrons. The summed E-state index contributed by atoms with van der Waals surface area (Å²) >= 11 is 6.22. The number of benzene rings is 2. The van der Waals surface area contributed by atoms with E-state index in [1.165, 1.54) is 11.1 Å². The first-order valence-corrected chi connectivity index (χ1v) is 17.8. The number of rotatable bonds is 14. The van der Waals surface area contributed by atoms with Crippen LogP contribution in [0.2, 0.25) is 5.02 Å². The second-order valence-electron chi connectivity index (χ2n) is 10.7. The van der Waals surface area contributed by atoms with Crippen molar-refractivity contribution in [2.24, 2.45) is 10.9 Å². The smallest absolute Gasteiger partial charge is 0.225 e. The van der Waals surface area contributed by atoms with Crippen LogP contribution in [0.15, 0.2) is 107 Å². The maximum absolute atomic E-state index is 10.7. The summed E-state index contributed by atoms with van der Waals surface area (Å²) in [7, 11) is 3.98. The Labute approximate surface area is 317 Å². The van der Waals surface area contributed by atoms with Gasteiger partial charge in [-0.3, -0.25) is 15.1 Å². The molecule has 282 valence electrons. The molecule has 0 heterocycles. The van der Waals surface area contributed by atoms with E-state index < -0.39 is 4.92 Å².